The molecule has 1 aromatic rings. The summed E-state index contributed by atoms with van der Waals surface area (Å²) in [7, 11) is 0. The zero-order valence-corrected chi connectivity index (χ0v) is 14.0. The highest BCUT2D eigenvalue weighted by Gasteiger charge is 2.29. The Bertz CT molecular complexity index is 623. The molecule has 118 valence electrons. The van der Waals surface area contributed by atoms with Gasteiger partial charge in [0.05, 0.1) is 5.57 Å². The van der Waals surface area contributed by atoms with E-state index in [1.165, 1.54) is 0 Å². The third-order valence-corrected chi connectivity index (χ3v) is 4.64. The van der Waals surface area contributed by atoms with Gasteiger partial charge in [0, 0.05) is 11.4 Å². The van der Waals surface area contributed by atoms with E-state index in [1.807, 2.05) is 38.1 Å². The van der Waals surface area contributed by atoms with E-state index in [0.29, 0.717) is 11.3 Å². The number of allylic oxidation sites excluding steroid dienone is 1. The Morgan fingerprint density at radius 1 is 1.36 bits per heavy atom. The Morgan fingerprint density at radius 3 is 2.73 bits per heavy atom. The quantitative estimate of drug-likeness (QED) is 0.809. The number of amidine groups is 1. The molecule has 5 heteroatoms. The second-order valence-corrected chi connectivity index (χ2v) is 6.45. The molecule has 2 rings (SSSR count). The summed E-state index contributed by atoms with van der Waals surface area (Å²) in [5.74, 6) is 0.0676. The number of aryl methyl sites for hydroxylation is 1. The minimum absolute atomic E-state index is 0.328. The molecule has 22 heavy (non-hydrogen) atoms. The summed E-state index contributed by atoms with van der Waals surface area (Å²) in [6.45, 7) is 5.95. The summed E-state index contributed by atoms with van der Waals surface area (Å²) in [6, 6.07) is 7.39. The zero-order chi connectivity index (χ0) is 16.1. The van der Waals surface area contributed by atoms with E-state index < -0.39 is 12.0 Å². The lowest BCUT2D eigenvalue weighted by molar-refractivity contribution is -0.133. The molecule has 0 aliphatic carbocycles. The average molecular weight is 318 g/mol. The fourth-order valence-electron chi connectivity index (χ4n) is 2.43. The molecular formula is C17H22N2O2S. The molecule has 1 unspecified atom stereocenters. The SMILES string of the molecule is CCCCSC1=NC(c2ccccc2C)C(C(=O)O)=C(C)N1. The number of rotatable bonds is 5. The second kappa shape index (κ2) is 7.49. The first-order valence-electron chi connectivity index (χ1n) is 7.51. The van der Waals surface area contributed by atoms with Crippen molar-refractivity contribution in [2.24, 2.45) is 4.99 Å². The Hall–Kier alpha value is -1.75. The van der Waals surface area contributed by atoms with E-state index in [0.717, 1.165) is 34.9 Å². The van der Waals surface area contributed by atoms with Crippen LogP contribution in [0.2, 0.25) is 0 Å². The molecule has 0 saturated carbocycles. The Morgan fingerprint density at radius 2 is 2.09 bits per heavy atom. The van der Waals surface area contributed by atoms with E-state index >= 15 is 0 Å². The summed E-state index contributed by atoms with van der Waals surface area (Å²) in [6.07, 6.45) is 2.26. The number of hydrogen-bond acceptors (Lipinski definition) is 4. The van der Waals surface area contributed by atoms with Gasteiger partial charge in [-0.15, -0.1) is 0 Å². The monoisotopic (exact) mass is 318 g/mol. The zero-order valence-electron chi connectivity index (χ0n) is 13.2. The molecule has 0 fully saturated rings. The second-order valence-electron chi connectivity index (χ2n) is 5.36. The van der Waals surface area contributed by atoms with E-state index in [-0.39, 0.29) is 0 Å². The fourth-order valence-corrected chi connectivity index (χ4v) is 3.46. The molecule has 0 spiro atoms. The maximum atomic E-state index is 11.7. The molecule has 1 aliphatic rings. The largest absolute Gasteiger partial charge is 0.478 e. The van der Waals surface area contributed by atoms with Crippen molar-refractivity contribution in [1.29, 1.82) is 0 Å². The number of carboxylic acids is 1. The topological polar surface area (TPSA) is 61.7 Å². The van der Waals surface area contributed by atoms with E-state index in [4.69, 9.17) is 0 Å². The number of nitrogens with zero attached hydrogens (tertiary/aromatic N) is 1. The number of aliphatic carboxylic acids is 1. The van der Waals surface area contributed by atoms with Gasteiger partial charge in [-0.05, 0) is 31.4 Å². The lowest BCUT2D eigenvalue weighted by Gasteiger charge is -2.25. The van der Waals surface area contributed by atoms with Crippen molar-refractivity contribution in [2.45, 2.75) is 39.7 Å². The first-order chi connectivity index (χ1) is 10.5. The lowest BCUT2D eigenvalue weighted by Crippen LogP contribution is -2.30. The number of thioether (sulfide) groups is 1. The van der Waals surface area contributed by atoms with Crippen molar-refractivity contribution in [2.75, 3.05) is 5.75 Å². The summed E-state index contributed by atoms with van der Waals surface area (Å²) in [5.41, 5.74) is 3.01. The van der Waals surface area contributed by atoms with Crippen molar-refractivity contribution < 1.29 is 9.90 Å². The van der Waals surface area contributed by atoms with Crippen molar-refractivity contribution >= 4 is 22.9 Å². The number of nitrogens with one attached hydrogen (secondary N) is 1. The summed E-state index contributed by atoms with van der Waals surface area (Å²) >= 11 is 1.66. The third kappa shape index (κ3) is 3.71. The molecule has 0 saturated heterocycles. The highest BCUT2D eigenvalue weighted by molar-refractivity contribution is 8.13. The predicted molar refractivity (Wildman–Crippen MR) is 92.2 cm³/mol. The van der Waals surface area contributed by atoms with Gasteiger partial charge in [-0.1, -0.05) is 49.4 Å². The summed E-state index contributed by atoms with van der Waals surface area (Å²) in [5, 5.41) is 13.5. The minimum atomic E-state index is -0.917. The fraction of sp³-hybridized carbons (Fsp3) is 0.412. The molecule has 1 aromatic carbocycles. The van der Waals surface area contributed by atoms with Crippen LogP contribution in [0.4, 0.5) is 0 Å². The maximum absolute atomic E-state index is 11.7. The van der Waals surface area contributed by atoms with Crippen LogP contribution in [0.25, 0.3) is 0 Å². The van der Waals surface area contributed by atoms with Gasteiger partial charge in [-0.2, -0.15) is 0 Å². The van der Waals surface area contributed by atoms with Gasteiger partial charge in [-0.3, -0.25) is 0 Å². The minimum Gasteiger partial charge on any atom is -0.478 e. The molecule has 0 bridgehead atoms. The van der Waals surface area contributed by atoms with Crippen molar-refractivity contribution in [1.82, 2.24) is 5.32 Å². The standard InChI is InChI=1S/C17H22N2O2S/c1-4-5-10-22-17-18-12(3)14(16(20)21)15(19-17)13-9-7-6-8-11(13)2/h6-9,15H,4-5,10H2,1-3H3,(H,18,19)(H,20,21). The summed E-state index contributed by atoms with van der Waals surface area (Å²) in [4.78, 5) is 16.3. The van der Waals surface area contributed by atoms with Gasteiger partial charge in [0.15, 0.2) is 5.17 Å². The normalized spacial score (nSPS) is 18.0. The van der Waals surface area contributed by atoms with Crippen LogP contribution in [0.15, 0.2) is 40.5 Å². The van der Waals surface area contributed by atoms with E-state index in [2.05, 4.69) is 17.2 Å². The average Bonchev–Trinajstić information content (AvgIpc) is 2.47. The van der Waals surface area contributed by atoms with Crippen molar-refractivity contribution in [3.63, 3.8) is 0 Å². The van der Waals surface area contributed by atoms with E-state index in [1.54, 1.807) is 11.8 Å². The van der Waals surface area contributed by atoms with Gasteiger partial charge in [-0.25, -0.2) is 9.79 Å². The summed E-state index contributed by atoms with van der Waals surface area (Å²) < 4.78 is 0. The van der Waals surface area contributed by atoms with Crippen LogP contribution in [0, 0.1) is 6.92 Å². The highest BCUT2D eigenvalue weighted by Crippen LogP contribution is 2.33. The number of carbonyl (C=O) groups is 1. The molecule has 0 radical (unpaired) electrons. The van der Waals surface area contributed by atoms with Crippen LogP contribution in [0.1, 0.15) is 43.9 Å². The van der Waals surface area contributed by atoms with Crippen molar-refractivity contribution in [3.05, 3.63) is 46.7 Å². The first kappa shape index (κ1) is 16.6. The van der Waals surface area contributed by atoms with Gasteiger partial charge < -0.3 is 10.4 Å². The van der Waals surface area contributed by atoms with Crippen LogP contribution in [-0.4, -0.2) is 22.0 Å². The Balaban J connectivity index is 2.36. The van der Waals surface area contributed by atoms with Crippen molar-refractivity contribution in [3.8, 4) is 0 Å². The molecule has 2 N–H and O–H groups in total. The van der Waals surface area contributed by atoms with Gasteiger partial charge in [0.25, 0.3) is 0 Å². The first-order valence-corrected chi connectivity index (χ1v) is 8.50. The smallest absolute Gasteiger partial charge is 0.335 e. The lowest BCUT2D eigenvalue weighted by atomic mass is 9.93. The van der Waals surface area contributed by atoms with E-state index in [9.17, 15) is 9.90 Å². The Labute approximate surface area is 135 Å². The van der Waals surface area contributed by atoms with Crippen LogP contribution in [-0.2, 0) is 4.79 Å². The van der Waals surface area contributed by atoms with Crippen LogP contribution in [0.3, 0.4) is 0 Å². The molecule has 0 aromatic heterocycles. The van der Waals surface area contributed by atoms with Gasteiger partial charge >= 0.3 is 5.97 Å². The van der Waals surface area contributed by atoms with Gasteiger partial charge in [0.2, 0.25) is 0 Å². The van der Waals surface area contributed by atoms with Crippen LogP contribution >= 0.6 is 11.8 Å². The Kier molecular flexibility index (Phi) is 5.66. The number of carboxylic acid groups (broad SMARTS) is 1. The number of aliphatic imine (C=N–C) groups is 1. The highest BCUT2D eigenvalue weighted by atomic mass is 32.2. The molecule has 1 atom stereocenters. The molecular weight excluding hydrogens is 296 g/mol. The number of benzene rings is 1. The predicted octanol–water partition coefficient (Wildman–Crippen LogP) is 3.89. The van der Waals surface area contributed by atoms with Gasteiger partial charge in [0.1, 0.15) is 6.04 Å². The number of unbranched alkanes of at least 4 members (excludes halogenated alkanes) is 1. The maximum Gasteiger partial charge on any atom is 0.335 e. The molecule has 1 heterocycles. The molecule has 1 aliphatic heterocycles. The molecule has 0 amide bonds. The number of hydrogen-bond donors (Lipinski definition) is 2. The third-order valence-electron chi connectivity index (χ3n) is 3.67. The molecule has 4 nitrogen and oxygen atoms in total. The van der Waals surface area contributed by atoms with Crippen LogP contribution < -0.4 is 5.32 Å². The van der Waals surface area contributed by atoms with Crippen LogP contribution in [0.5, 0.6) is 0 Å².